The molecule has 0 aliphatic rings. The minimum atomic E-state index is -0.0700. The monoisotopic (exact) mass is 290 g/mol. The molecule has 0 saturated heterocycles. The predicted octanol–water partition coefficient (Wildman–Crippen LogP) is 1.73. The Bertz CT molecular complexity index is 745. The molecule has 0 unspecified atom stereocenters. The van der Waals surface area contributed by atoms with Crippen molar-refractivity contribution >= 4 is 39.8 Å². The Kier molecular flexibility index (Phi) is 3.02. The van der Waals surface area contributed by atoms with E-state index in [4.69, 9.17) is 11.5 Å². The number of hydrogen-bond acceptors (Lipinski definition) is 5. The van der Waals surface area contributed by atoms with Gasteiger partial charge in [-0.1, -0.05) is 0 Å². The van der Waals surface area contributed by atoms with E-state index >= 15 is 0 Å². The van der Waals surface area contributed by atoms with Crippen LogP contribution in [0.15, 0.2) is 38.6 Å². The van der Waals surface area contributed by atoms with Crippen LogP contribution in [0.3, 0.4) is 0 Å². The third kappa shape index (κ3) is 2.23. The van der Waals surface area contributed by atoms with Crippen LogP contribution in [0.1, 0.15) is 5.69 Å². The van der Waals surface area contributed by atoms with Gasteiger partial charge in [0, 0.05) is 22.5 Å². The second-order valence-electron chi connectivity index (χ2n) is 3.68. The number of hydrogen-bond donors (Lipinski definition) is 2. The summed E-state index contributed by atoms with van der Waals surface area (Å²) in [6.07, 6.45) is 3.55. The fourth-order valence-corrected chi connectivity index (χ4v) is 3.05. The Hall–Kier alpha value is -2.19. The summed E-state index contributed by atoms with van der Waals surface area (Å²) in [6, 6.07) is 2.02. The lowest BCUT2D eigenvalue weighted by atomic mass is 10.2. The van der Waals surface area contributed by atoms with Crippen LogP contribution in [0.2, 0.25) is 0 Å². The summed E-state index contributed by atoms with van der Waals surface area (Å²) in [6.45, 7) is 0. The van der Waals surface area contributed by atoms with E-state index < -0.39 is 0 Å². The molecule has 0 amide bonds. The van der Waals surface area contributed by atoms with Crippen molar-refractivity contribution in [2.24, 2.45) is 21.7 Å². The lowest BCUT2D eigenvalue weighted by Gasteiger charge is -1.95. The van der Waals surface area contributed by atoms with E-state index in [1.54, 1.807) is 28.9 Å². The largest absolute Gasteiger partial charge is 0.369 e. The molecule has 3 rings (SSSR count). The third-order valence-electron chi connectivity index (χ3n) is 2.45. The van der Waals surface area contributed by atoms with Crippen LogP contribution in [0, 0.1) is 0 Å². The minimum absolute atomic E-state index is 0.0700. The van der Waals surface area contributed by atoms with Crippen LogP contribution in [0.4, 0.5) is 0 Å². The number of fused-ring (bicyclic) bond motifs is 1. The highest BCUT2D eigenvalue weighted by molar-refractivity contribution is 7.15. The molecule has 0 aliphatic heterocycles. The lowest BCUT2D eigenvalue weighted by molar-refractivity contribution is 1.18. The standard InChI is InChI=1S/C11H10N6S2/c12-10(13)16-14-5-8-9(7-1-3-18-6-7)15-11-17(8)2-4-19-11/h1-6H,(H4,12,13,16)/b14-5+. The van der Waals surface area contributed by atoms with Gasteiger partial charge in [-0.3, -0.25) is 4.40 Å². The van der Waals surface area contributed by atoms with E-state index in [0.29, 0.717) is 0 Å². The first-order chi connectivity index (χ1) is 9.25. The molecule has 0 bridgehead atoms. The Morgan fingerprint density at radius 1 is 1.37 bits per heavy atom. The second-order valence-corrected chi connectivity index (χ2v) is 5.34. The van der Waals surface area contributed by atoms with Crippen LogP contribution >= 0.6 is 22.7 Å². The zero-order chi connectivity index (χ0) is 13.2. The van der Waals surface area contributed by atoms with Gasteiger partial charge in [0.1, 0.15) is 5.69 Å². The third-order valence-corrected chi connectivity index (χ3v) is 3.89. The SMILES string of the molecule is NC(N)=N/N=C/c1c(-c2ccsc2)nc2sccn12. The van der Waals surface area contributed by atoms with Crippen molar-refractivity contribution in [2.45, 2.75) is 0 Å². The van der Waals surface area contributed by atoms with Gasteiger partial charge in [-0.25, -0.2) is 4.98 Å². The molecule has 0 fully saturated rings. The van der Waals surface area contributed by atoms with Crippen molar-refractivity contribution in [3.63, 3.8) is 0 Å². The van der Waals surface area contributed by atoms with Crippen LogP contribution < -0.4 is 11.5 Å². The molecule has 3 aromatic heterocycles. The lowest BCUT2D eigenvalue weighted by Crippen LogP contribution is -2.21. The predicted molar refractivity (Wildman–Crippen MR) is 79.8 cm³/mol. The molecular weight excluding hydrogens is 280 g/mol. The topological polar surface area (TPSA) is 94.1 Å². The van der Waals surface area contributed by atoms with E-state index in [2.05, 4.69) is 15.2 Å². The summed E-state index contributed by atoms with van der Waals surface area (Å²) < 4.78 is 1.96. The highest BCUT2D eigenvalue weighted by Gasteiger charge is 2.13. The van der Waals surface area contributed by atoms with Crippen molar-refractivity contribution < 1.29 is 0 Å². The molecule has 3 heterocycles. The average molecular weight is 290 g/mol. The van der Waals surface area contributed by atoms with Crippen LogP contribution in [0.25, 0.3) is 16.2 Å². The first kappa shape index (κ1) is 11.9. The highest BCUT2D eigenvalue weighted by atomic mass is 32.1. The first-order valence-electron chi connectivity index (χ1n) is 5.36. The molecule has 19 heavy (non-hydrogen) atoms. The number of nitrogens with zero attached hydrogens (tertiary/aromatic N) is 4. The molecule has 0 aliphatic carbocycles. The molecule has 0 saturated carbocycles. The summed E-state index contributed by atoms with van der Waals surface area (Å²) >= 11 is 3.19. The maximum Gasteiger partial charge on any atom is 0.211 e. The molecule has 6 nitrogen and oxygen atoms in total. The number of thiophene rings is 1. The second kappa shape index (κ2) is 4.82. The summed E-state index contributed by atoms with van der Waals surface area (Å²) in [5.41, 5.74) is 13.3. The molecule has 8 heteroatoms. The fourth-order valence-electron chi connectivity index (χ4n) is 1.69. The number of rotatable bonds is 3. The molecule has 0 radical (unpaired) electrons. The van der Waals surface area contributed by atoms with Crippen molar-refractivity contribution in [1.82, 2.24) is 9.38 Å². The van der Waals surface area contributed by atoms with E-state index in [0.717, 1.165) is 21.9 Å². The van der Waals surface area contributed by atoms with Gasteiger partial charge in [-0.15, -0.1) is 16.4 Å². The van der Waals surface area contributed by atoms with Gasteiger partial charge in [0.05, 0.1) is 11.9 Å². The number of imidazole rings is 1. The number of guanidine groups is 1. The van der Waals surface area contributed by atoms with Gasteiger partial charge in [0.15, 0.2) is 4.96 Å². The Morgan fingerprint density at radius 3 is 3.00 bits per heavy atom. The van der Waals surface area contributed by atoms with Gasteiger partial charge >= 0.3 is 0 Å². The highest BCUT2D eigenvalue weighted by Crippen LogP contribution is 2.27. The first-order valence-corrected chi connectivity index (χ1v) is 7.18. The Morgan fingerprint density at radius 2 is 2.26 bits per heavy atom. The van der Waals surface area contributed by atoms with Gasteiger partial charge in [0.2, 0.25) is 5.96 Å². The van der Waals surface area contributed by atoms with E-state index in [9.17, 15) is 0 Å². The molecule has 0 atom stereocenters. The summed E-state index contributed by atoms with van der Waals surface area (Å²) in [5, 5.41) is 13.5. The van der Waals surface area contributed by atoms with Crippen LogP contribution in [-0.4, -0.2) is 21.6 Å². The summed E-state index contributed by atoms with van der Waals surface area (Å²) in [7, 11) is 0. The van der Waals surface area contributed by atoms with Gasteiger partial charge in [-0.2, -0.15) is 16.4 Å². The van der Waals surface area contributed by atoms with Crippen molar-refractivity contribution in [3.05, 3.63) is 34.1 Å². The van der Waals surface area contributed by atoms with Crippen LogP contribution in [0.5, 0.6) is 0 Å². The van der Waals surface area contributed by atoms with Crippen LogP contribution in [-0.2, 0) is 0 Å². The smallest absolute Gasteiger partial charge is 0.211 e. The number of thiazole rings is 1. The molecule has 0 spiro atoms. The van der Waals surface area contributed by atoms with Crippen molar-refractivity contribution in [1.29, 1.82) is 0 Å². The van der Waals surface area contributed by atoms with Gasteiger partial charge in [-0.05, 0) is 11.4 Å². The normalized spacial score (nSPS) is 11.4. The average Bonchev–Trinajstić information content (AvgIpc) is 3.03. The van der Waals surface area contributed by atoms with E-state index in [1.807, 2.05) is 32.8 Å². The molecule has 3 aromatic rings. The molecule has 0 aromatic carbocycles. The van der Waals surface area contributed by atoms with Gasteiger partial charge < -0.3 is 11.5 Å². The Balaban J connectivity index is 2.14. The summed E-state index contributed by atoms with van der Waals surface area (Å²) in [5.74, 6) is -0.0700. The summed E-state index contributed by atoms with van der Waals surface area (Å²) in [4.78, 5) is 5.51. The van der Waals surface area contributed by atoms with Crippen molar-refractivity contribution in [2.75, 3.05) is 0 Å². The van der Waals surface area contributed by atoms with E-state index in [-0.39, 0.29) is 5.96 Å². The quantitative estimate of drug-likeness (QED) is 0.437. The number of aromatic nitrogens is 2. The van der Waals surface area contributed by atoms with Gasteiger partial charge in [0.25, 0.3) is 0 Å². The van der Waals surface area contributed by atoms with Crippen molar-refractivity contribution in [3.8, 4) is 11.3 Å². The number of nitrogens with two attached hydrogens (primary N) is 2. The Labute approximate surface area is 116 Å². The van der Waals surface area contributed by atoms with E-state index in [1.165, 1.54) is 0 Å². The zero-order valence-corrected chi connectivity index (χ0v) is 11.4. The minimum Gasteiger partial charge on any atom is -0.369 e. The fraction of sp³-hybridized carbons (Fsp3) is 0. The molecule has 4 N–H and O–H groups in total. The maximum absolute atomic E-state index is 5.25. The molecular formula is C11H10N6S2. The maximum atomic E-state index is 5.25. The molecule has 96 valence electrons. The zero-order valence-electron chi connectivity index (χ0n) is 9.72.